The summed E-state index contributed by atoms with van der Waals surface area (Å²) in [6.07, 6.45) is -3.20. The summed E-state index contributed by atoms with van der Waals surface area (Å²) in [5.74, 6) is -0.217. The first kappa shape index (κ1) is 13.4. The Kier molecular flexibility index (Phi) is 2.94. The topological polar surface area (TPSA) is 60.2 Å². The van der Waals surface area contributed by atoms with E-state index in [9.17, 15) is 21.6 Å². The lowest BCUT2D eigenvalue weighted by Crippen LogP contribution is -2.31. The molecule has 0 unspecified atom stereocenters. The second-order valence-electron chi connectivity index (χ2n) is 4.64. The molecule has 1 aliphatic rings. The van der Waals surface area contributed by atoms with Crippen molar-refractivity contribution in [3.8, 4) is 0 Å². The number of rotatable bonds is 3. The van der Waals surface area contributed by atoms with Gasteiger partial charge in [-0.25, -0.2) is 8.42 Å². The highest BCUT2D eigenvalue weighted by Gasteiger charge is 2.42. The average Bonchev–Trinajstić information content (AvgIpc) is 2.94. The maximum Gasteiger partial charge on any atom is 0.416 e. The van der Waals surface area contributed by atoms with Gasteiger partial charge in [0.15, 0.2) is 9.84 Å². The zero-order valence-electron chi connectivity index (χ0n) is 9.37. The van der Waals surface area contributed by atoms with Crippen molar-refractivity contribution in [3.63, 3.8) is 0 Å². The Morgan fingerprint density at radius 1 is 1.17 bits per heavy atom. The molecule has 0 saturated heterocycles. The zero-order valence-corrected chi connectivity index (χ0v) is 10.2. The quantitative estimate of drug-likeness (QED) is 0.920. The van der Waals surface area contributed by atoms with E-state index in [1.165, 1.54) is 0 Å². The van der Waals surface area contributed by atoms with Gasteiger partial charge in [-0.2, -0.15) is 13.2 Å². The van der Waals surface area contributed by atoms with Crippen LogP contribution in [0.3, 0.4) is 0 Å². The van der Waals surface area contributed by atoms with Gasteiger partial charge in [0.05, 0.1) is 16.2 Å². The number of halogens is 3. The highest BCUT2D eigenvalue weighted by Crippen LogP contribution is 2.35. The smallest absolute Gasteiger partial charge is 0.324 e. The number of sulfone groups is 1. The van der Waals surface area contributed by atoms with Crippen LogP contribution in [0.5, 0.6) is 0 Å². The fourth-order valence-corrected chi connectivity index (χ4v) is 3.38. The fraction of sp³-hybridized carbons (Fsp3) is 0.455. The van der Waals surface area contributed by atoms with Crippen molar-refractivity contribution in [2.45, 2.75) is 29.5 Å². The molecule has 2 rings (SSSR count). The van der Waals surface area contributed by atoms with Crippen molar-refractivity contribution < 1.29 is 21.6 Å². The van der Waals surface area contributed by atoms with E-state index in [-0.39, 0.29) is 10.6 Å². The summed E-state index contributed by atoms with van der Waals surface area (Å²) in [6.45, 7) is 0. The molecule has 1 aromatic carbocycles. The highest BCUT2D eigenvalue weighted by molar-refractivity contribution is 7.91. The summed E-state index contributed by atoms with van der Waals surface area (Å²) < 4.78 is 60.8. The van der Waals surface area contributed by atoms with Crippen LogP contribution in [0.4, 0.5) is 13.2 Å². The SMILES string of the molecule is NC1(CS(=O)(=O)c2ccc(C(F)(F)F)cc2)CC1. The molecule has 1 aliphatic carbocycles. The average molecular weight is 279 g/mol. The van der Waals surface area contributed by atoms with Crippen LogP contribution in [0.25, 0.3) is 0 Å². The number of hydrogen-bond donors (Lipinski definition) is 1. The summed E-state index contributed by atoms with van der Waals surface area (Å²) >= 11 is 0. The van der Waals surface area contributed by atoms with Crippen LogP contribution in [0, 0.1) is 0 Å². The Morgan fingerprint density at radius 2 is 1.67 bits per heavy atom. The molecule has 2 N–H and O–H groups in total. The third-order valence-electron chi connectivity index (χ3n) is 2.91. The first-order valence-corrected chi connectivity index (χ1v) is 6.97. The Morgan fingerprint density at radius 3 is 2.06 bits per heavy atom. The van der Waals surface area contributed by atoms with E-state index in [1.54, 1.807) is 0 Å². The molecule has 0 amide bonds. The summed E-state index contributed by atoms with van der Waals surface area (Å²) in [4.78, 5) is -0.118. The lowest BCUT2D eigenvalue weighted by atomic mass is 10.2. The van der Waals surface area contributed by atoms with E-state index in [0.29, 0.717) is 12.8 Å². The van der Waals surface area contributed by atoms with Crippen LogP contribution in [0.15, 0.2) is 29.2 Å². The summed E-state index contributed by atoms with van der Waals surface area (Å²) in [6, 6.07) is 3.49. The molecular weight excluding hydrogens is 267 g/mol. The van der Waals surface area contributed by atoms with Crippen LogP contribution in [0.1, 0.15) is 18.4 Å². The van der Waals surface area contributed by atoms with Gasteiger partial charge in [-0.1, -0.05) is 0 Å². The summed E-state index contributed by atoms with van der Waals surface area (Å²) in [5, 5.41) is 0. The van der Waals surface area contributed by atoms with Gasteiger partial charge >= 0.3 is 6.18 Å². The van der Waals surface area contributed by atoms with Gasteiger partial charge in [0, 0.05) is 5.54 Å². The van der Waals surface area contributed by atoms with Gasteiger partial charge in [-0.15, -0.1) is 0 Å². The minimum absolute atomic E-state index is 0.118. The Hall–Kier alpha value is -1.08. The van der Waals surface area contributed by atoms with Crippen LogP contribution < -0.4 is 5.73 Å². The van der Waals surface area contributed by atoms with Gasteiger partial charge in [0.25, 0.3) is 0 Å². The largest absolute Gasteiger partial charge is 0.416 e. The van der Waals surface area contributed by atoms with Crippen LogP contribution in [-0.4, -0.2) is 19.7 Å². The minimum atomic E-state index is -4.46. The molecule has 0 atom stereocenters. The van der Waals surface area contributed by atoms with Crippen molar-refractivity contribution in [1.29, 1.82) is 0 Å². The molecule has 1 saturated carbocycles. The second kappa shape index (κ2) is 3.96. The van der Waals surface area contributed by atoms with E-state index in [0.717, 1.165) is 24.3 Å². The van der Waals surface area contributed by atoms with E-state index in [4.69, 9.17) is 5.73 Å². The van der Waals surface area contributed by atoms with Gasteiger partial charge in [0.2, 0.25) is 0 Å². The summed E-state index contributed by atoms with van der Waals surface area (Å²) in [5.41, 5.74) is 4.15. The molecule has 100 valence electrons. The normalized spacial score (nSPS) is 18.7. The molecule has 0 radical (unpaired) electrons. The molecule has 0 bridgehead atoms. The third kappa shape index (κ3) is 2.84. The molecule has 1 fully saturated rings. The molecule has 0 aliphatic heterocycles. The molecule has 3 nitrogen and oxygen atoms in total. The molecule has 0 heterocycles. The fourth-order valence-electron chi connectivity index (χ4n) is 1.62. The van der Waals surface area contributed by atoms with Gasteiger partial charge < -0.3 is 5.73 Å². The lowest BCUT2D eigenvalue weighted by molar-refractivity contribution is -0.137. The van der Waals surface area contributed by atoms with Crippen LogP contribution in [0.2, 0.25) is 0 Å². The molecule has 0 spiro atoms. The van der Waals surface area contributed by atoms with Crippen LogP contribution in [-0.2, 0) is 16.0 Å². The Labute approximate surface area is 103 Å². The van der Waals surface area contributed by atoms with E-state index < -0.39 is 27.1 Å². The standard InChI is InChI=1S/C11H12F3NO2S/c12-11(13,14)8-1-3-9(4-2-8)18(16,17)7-10(15)5-6-10/h1-4H,5-7,15H2. The zero-order chi connectivity index (χ0) is 13.6. The number of benzene rings is 1. The first-order chi connectivity index (χ1) is 8.12. The molecular formula is C11H12F3NO2S. The molecule has 18 heavy (non-hydrogen) atoms. The Balaban J connectivity index is 2.24. The highest BCUT2D eigenvalue weighted by atomic mass is 32.2. The Bertz CT molecular complexity index is 545. The first-order valence-electron chi connectivity index (χ1n) is 5.31. The molecule has 7 heteroatoms. The van der Waals surface area contributed by atoms with Gasteiger partial charge in [-0.3, -0.25) is 0 Å². The second-order valence-corrected chi connectivity index (χ2v) is 6.63. The predicted octanol–water partition coefficient (Wildman–Crippen LogP) is 1.97. The van der Waals surface area contributed by atoms with Crippen molar-refractivity contribution in [1.82, 2.24) is 0 Å². The van der Waals surface area contributed by atoms with E-state index in [1.807, 2.05) is 0 Å². The predicted molar refractivity (Wildman–Crippen MR) is 59.6 cm³/mol. The monoisotopic (exact) mass is 279 g/mol. The number of alkyl halides is 3. The van der Waals surface area contributed by atoms with E-state index in [2.05, 4.69) is 0 Å². The van der Waals surface area contributed by atoms with Crippen molar-refractivity contribution in [2.24, 2.45) is 5.73 Å². The number of hydrogen-bond acceptors (Lipinski definition) is 3. The molecule has 1 aromatic rings. The van der Waals surface area contributed by atoms with Gasteiger partial charge in [0.1, 0.15) is 0 Å². The molecule has 0 aromatic heterocycles. The minimum Gasteiger partial charge on any atom is -0.324 e. The van der Waals surface area contributed by atoms with Gasteiger partial charge in [-0.05, 0) is 37.1 Å². The van der Waals surface area contributed by atoms with Crippen LogP contribution >= 0.6 is 0 Å². The third-order valence-corrected chi connectivity index (χ3v) is 4.86. The number of nitrogens with two attached hydrogens (primary N) is 1. The van der Waals surface area contributed by atoms with Crippen molar-refractivity contribution >= 4 is 9.84 Å². The van der Waals surface area contributed by atoms with E-state index >= 15 is 0 Å². The lowest BCUT2D eigenvalue weighted by Gasteiger charge is -2.11. The van der Waals surface area contributed by atoms with Crippen molar-refractivity contribution in [3.05, 3.63) is 29.8 Å². The van der Waals surface area contributed by atoms with Crippen molar-refractivity contribution in [2.75, 3.05) is 5.75 Å². The maximum atomic E-state index is 12.3. The maximum absolute atomic E-state index is 12.3. The summed E-state index contributed by atoms with van der Waals surface area (Å²) in [7, 11) is -3.61.